The molecule has 16 heteroatoms. The van der Waals surface area contributed by atoms with Gasteiger partial charge in [-0.25, -0.2) is 4.57 Å². The Morgan fingerprint density at radius 3 is 2.08 bits per heavy atom. The Balaban J connectivity index is 1.41. The third-order valence-electron chi connectivity index (χ3n) is 9.11. The first-order valence-electron chi connectivity index (χ1n) is 18.7. The first-order chi connectivity index (χ1) is 28.6. The zero-order valence-corrected chi connectivity index (χ0v) is 33.5. The minimum Gasteiger partial charge on any atom is -0.404 e. The molecule has 0 unspecified atom stereocenters. The van der Waals surface area contributed by atoms with E-state index in [1.165, 1.54) is 48.5 Å². The van der Waals surface area contributed by atoms with Crippen molar-refractivity contribution in [1.29, 1.82) is 5.26 Å². The molecule has 0 saturated carbocycles. The van der Waals surface area contributed by atoms with Gasteiger partial charge in [-0.2, -0.15) is 5.26 Å². The number of phosphoric ester groups is 1. The highest BCUT2D eigenvalue weighted by Crippen LogP contribution is 2.37. The summed E-state index contributed by atoms with van der Waals surface area (Å²) in [6.45, 7) is 3.98. The summed E-state index contributed by atoms with van der Waals surface area (Å²) in [5.41, 5.74) is 9.07. The molecular weight excluding hydrogens is 787 g/mol. The van der Waals surface area contributed by atoms with E-state index in [0.717, 1.165) is 5.56 Å². The fraction of sp³-hybridized carbons (Fsp3) is 0.182. The van der Waals surface area contributed by atoms with Crippen molar-refractivity contribution in [2.24, 2.45) is 11.7 Å². The van der Waals surface area contributed by atoms with Crippen molar-refractivity contribution < 1.29 is 42.8 Å². The summed E-state index contributed by atoms with van der Waals surface area (Å²) < 4.78 is 15.9. The van der Waals surface area contributed by atoms with E-state index in [4.69, 9.17) is 5.73 Å². The van der Waals surface area contributed by atoms with Gasteiger partial charge in [0, 0.05) is 35.3 Å². The molecule has 60 heavy (non-hydrogen) atoms. The Labute approximate surface area is 346 Å². The molecule has 0 saturated heterocycles. The fourth-order valence-electron chi connectivity index (χ4n) is 6.18. The van der Waals surface area contributed by atoms with Crippen molar-refractivity contribution in [3.05, 3.63) is 155 Å². The van der Waals surface area contributed by atoms with E-state index < -0.39 is 49.4 Å². The number of benzene rings is 5. The summed E-state index contributed by atoms with van der Waals surface area (Å²) in [7, 11) is -4.83. The fourth-order valence-corrected chi connectivity index (χ4v) is 6.58. The number of rotatable bonds is 17. The van der Waals surface area contributed by atoms with Crippen LogP contribution in [0.1, 0.15) is 68.0 Å². The van der Waals surface area contributed by atoms with Crippen molar-refractivity contribution in [3.63, 3.8) is 0 Å². The van der Waals surface area contributed by atoms with Crippen molar-refractivity contribution in [3.8, 4) is 22.9 Å². The van der Waals surface area contributed by atoms with Gasteiger partial charge in [-0.05, 0) is 101 Å². The highest BCUT2D eigenvalue weighted by molar-refractivity contribution is 7.46. The number of hydrogen-bond acceptors (Lipinski definition) is 8. The minimum atomic E-state index is -4.83. The highest BCUT2D eigenvalue weighted by Gasteiger charge is 2.29. The molecule has 0 radical (unpaired) electrons. The van der Waals surface area contributed by atoms with Crippen LogP contribution in [-0.4, -0.2) is 51.4 Å². The molecule has 0 aliphatic carbocycles. The van der Waals surface area contributed by atoms with Gasteiger partial charge in [0.2, 0.25) is 17.7 Å². The van der Waals surface area contributed by atoms with Crippen molar-refractivity contribution in [1.82, 2.24) is 16.0 Å². The van der Waals surface area contributed by atoms with Gasteiger partial charge < -0.3 is 31.5 Å². The molecule has 0 heterocycles. The molecule has 5 amide bonds. The maximum Gasteiger partial charge on any atom is 0.524 e. The van der Waals surface area contributed by atoms with Crippen LogP contribution in [0.4, 0.5) is 5.69 Å². The predicted octanol–water partition coefficient (Wildman–Crippen LogP) is 5.24. The number of carbonyl (C=O) groups excluding carboxylic acids is 5. The number of nitrogens with zero attached hydrogens (tertiary/aromatic N) is 1. The topological polar surface area (TPSA) is 250 Å². The molecule has 0 aliphatic heterocycles. The second-order valence-corrected chi connectivity index (χ2v) is 15.4. The number of carbonyl (C=O) groups is 5. The first-order valence-corrected chi connectivity index (χ1v) is 20.2. The number of anilines is 1. The lowest BCUT2D eigenvalue weighted by Crippen LogP contribution is -2.53. The maximum atomic E-state index is 14.1. The van der Waals surface area contributed by atoms with Crippen LogP contribution in [-0.2, 0) is 27.1 Å². The van der Waals surface area contributed by atoms with Gasteiger partial charge in [0.25, 0.3) is 11.8 Å². The van der Waals surface area contributed by atoms with E-state index in [1.54, 1.807) is 42.5 Å². The van der Waals surface area contributed by atoms with E-state index in [0.29, 0.717) is 22.3 Å². The molecule has 0 aliphatic rings. The lowest BCUT2D eigenvalue weighted by atomic mass is 9.96. The molecule has 308 valence electrons. The Kier molecular flexibility index (Phi) is 14.7. The molecule has 0 bridgehead atoms. The standard InChI is InChI=1S/C44H43N6O9P/c1-27(2)21-38(50-44(55)39(49-41(52)31-15-11-29(25-45)12-16-31)22-28-13-18-35(19-14-28)59-60(56,57)58)43(54)48-34-17-20-36(42(53)47-26-30-7-4-3-5-8-30)37(24-34)32-9-6-10-33(23-32)40(46)51/h3-20,23-24,27,38-39H,21-22,26H2,1-2H3,(H2,46,51)(H,47,53)(H,48,54)(H,49,52)(H,50,55)(H2,56,57,58)/t38-,39-/m0/s1. The highest BCUT2D eigenvalue weighted by atomic mass is 31.2. The second-order valence-electron chi connectivity index (χ2n) is 14.2. The summed E-state index contributed by atoms with van der Waals surface area (Å²) in [5, 5.41) is 20.4. The van der Waals surface area contributed by atoms with Crippen LogP contribution in [0.5, 0.6) is 5.75 Å². The summed E-state index contributed by atoms with van der Waals surface area (Å²) in [4.78, 5) is 85.5. The molecule has 15 nitrogen and oxygen atoms in total. The van der Waals surface area contributed by atoms with E-state index in [-0.39, 0.29) is 53.4 Å². The van der Waals surface area contributed by atoms with Gasteiger partial charge in [-0.15, -0.1) is 0 Å². The Hall–Kier alpha value is -7.11. The van der Waals surface area contributed by atoms with E-state index in [9.17, 15) is 43.6 Å². The molecule has 0 spiro atoms. The number of amides is 5. The van der Waals surface area contributed by atoms with Crippen LogP contribution in [0.15, 0.2) is 121 Å². The third kappa shape index (κ3) is 12.7. The average molecular weight is 831 g/mol. The summed E-state index contributed by atoms with van der Waals surface area (Å²) >= 11 is 0. The van der Waals surface area contributed by atoms with Gasteiger partial charge in [0.15, 0.2) is 0 Å². The number of hydrogen-bond donors (Lipinski definition) is 7. The number of primary amides is 1. The van der Waals surface area contributed by atoms with Crippen LogP contribution < -0.4 is 31.5 Å². The zero-order valence-electron chi connectivity index (χ0n) is 32.6. The SMILES string of the molecule is CC(C)C[C@H](NC(=O)[C@H](Cc1ccc(OP(=O)(O)O)cc1)NC(=O)c1ccc(C#N)cc1)C(=O)Nc1ccc(C(=O)NCc2ccccc2)c(-c2cccc(C(N)=O)c2)c1. The van der Waals surface area contributed by atoms with Crippen molar-refractivity contribution in [2.45, 2.75) is 45.3 Å². The Bertz CT molecular complexity index is 2450. The molecule has 0 aromatic heterocycles. The van der Waals surface area contributed by atoms with Crippen molar-refractivity contribution in [2.75, 3.05) is 5.32 Å². The Morgan fingerprint density at radius 2 is 1.45 bits per heavy atom. The molecule has 0 fully saturated rings. The number of phosphoric acid groups is 1. The van der Waals surface area contributed by atoms with Crippen LogP contribution in [0.3, 0.4) is 0 Å². The van der Waals surface area contributed by atoms with E-state index in [1.807, 2.05) is 50.2 Å². The number of nitriles is 1. The van der Waals surface area contributed by atoms with Gasteiger partial charge in [0.1, 0.15) is 17.8 Å². The van der Waals surface area contributed by atoms with Crippen LogP contribution >= 0.6 is 7.82 Å². The van der Waals surface area contributed by atoms with Crippen LogP contribution in [0.2, 0.25) is 0 Å². The smallest absolute Gasteiger partial charge is 0.404 e. The monoisotopic (exact) mass is 830 g/mol. The minimum absolute atomic E-state index is 0.0860. The lowest BCUT2D eigenvalue weighted by Gasteiger charge is -2.25. The van der Waals surface area contributed by atoms with Gasteiger partial charge in [0.05, 0.1) is 11.6 Å². The number of nitrogens with one attached hydrogen (secondary N) is 4. The maximum absolute atomic E-state index is 14.1. The van der Waals surface area contributed by atoms with E-state index in [2.05, 4.69) is 25.8 Å². The molecule has 2 atom stereocenters. The normalized spacial score (nSPS) is 12.0. The van der Waals surface area contributed by atoms with Crippen LogP contribution in [0, 0.1) is 17.2 Å². The average Bonchev–Trinajstić information content (AvgIpc) is 3.22. The zero-order chi connectivity index (χ0) is 43.4. The Morgan fingerprint density at radius 1 is 0.750 bits per heavy atom. The molecule has 5 aromatic carbocycles. The third-order valence-corrected chi connectivity index (χ3v) is 9.56. The second kappa shape index (κ2) is 20.0. The molecule has 5 aromatic rings. The van der Waals surface area contributed by atoms with Gasteiger partial charge >= 0.3 is 7.82 Å². The van der Waals surface area contributed by atoms with Gasteiger partial charge in [-0.3, -0.25) is 33.8 Å². The first kappa shape index (κ1) is 44.0. The van der Waals surface area contributed by atoms with Crippen molar-refractivity contribution >= 4 is 43.0 Å². The predicted molar refractivity (Wildman–Crippen MR) is 223 cm³/mol. The van der Waals surface area contributed by atoms with E-state index >= 15 is 0 Å². The summed E-state index contributed by atoms with van der Waals surface area (Å²) in [6, 6.07) is 31.4. The quantitative estimate of drug-likeness (QED) is 0.0601. The summed E-state index contributed by atoms with van der Waals surface area (Å²) in [6.07, 6.45) is 0.0946. The number of nitrogens with two attached hydrogens (primary N) is 1. The molecule has 8 N–H and O–H groups in total. The summed E-state index contributed by atoms with van der Waals surface area (Å²) in [5.74, 6) is -3.20. The van der Waals surface area contributed by atoms with Gasteiger partial charge in [-0.1, -0.05) is 68.4 Å². The lowest BCUT2D eigenvalue weighted by molar-refractivity contribution is -0.128. The molecular formula is C44H43N6O9P. The molecule has 5 rings (SSSR count). The van der Waals surface area contributed by atoms with Crippen LogP contribution in [0.25, 0.3) is 11.1 Å². The largest absolute Gasteiger partial charge is 0.524 e.